The molecule has 1 aromatic carbocycles. The topological polar surface area (TPSA) is 102 Å². The number of pyridine rings is 1. The average Bonchev–Trinajstić information content (AvgIpc) is 2.56. The molecule has 126 valence electrons. The van der Waals surface area contributed by atoms with Crippen molar-refractivity contribution >= 4 is 28.0 Å². The Balaban J connectivity index is 2.12. The fourth-order valence-electron chi connectivity index (χ4n) is 2.27. The summed E-state index contributed by atoms with van der Waals surface area (Å²) in [5.41, 5.74) is -0.191. The maximum Gasteiger partial charge on any atom is 0.335 e. The molecule has 7 nitrogen and oxygen atoms in total. The van der Waals surface area contributed by atoms with Gasteiger partial charge in [0, 0.05) is 6.07 Å². The number of H-pyrrole nitrogens is 2. The zero-order valence-electron chi connectivity index (χ0n) is 13.2. The third-order valence-electron chi connectivity index (χ3n) is 3.47. The lowest BCUT2D eigenvalue weighted by Gasteiger charge is -2.09. The second-order valence-corrected chi connectivity index (χ2v) is 6.24. The molecular weight excluding hydrogens is 388 g/mol. The van der Waals surface area contributed by atoms with Crippen molar-refractivity contribution in [2.24, 2.45) is 4.99 Å². The smallest absolute Gasteiger partial charge is 0.335 e. The van der Waals surface area contributed by atoms with E-state index in [1.54, 1.807) is 36.5 Å². The number of halogens is 1. The highest BCUT2D eigenvalue weighted by Gasteiger charge is 2.16. The first-order valence-electron chi connectivity index (χ1n) is 7.32. The molecule has 0 aliphatic carbocycles. The van der Waals surface area contributed by atoms with E-state index < -0.39 is 17.1 Å². The van der Waals surface area contributed by atoms with Crippen molar-refractivity contribution < 1.29 is 10.1 Å². The summed E-state index contributed by atoms with van der Waals surface area (Å²) in [6.45, 7) is 1.86. The Morgan fingerprint density at radius 1 is 1.28 bits per heavy atom. The third kappa shape index (κ3) is 3.58. The molecule has 0 spiro atoms. The van der Waals surface area contributed by atoms with E-state index in [-0.39, 0.29) is 5.56 Å². The van der Waals surface area contributed by atoms with Crippen LogP contribution in [-0.2, 0) is 0 Å². The van der Waals surface area contributed by atoms with Gasteiger partial charge in [0.05, 0.1) is 10.2 Å². The third-order valence-corrected chi connectivity index (χ3v) is 3.97. The zero-order valence-corrected chi connectivity index (χ0v) is 14.7. The molecule has 0 aliphatic rings. The molecule has 0 saturated carbocycles. The summed E-state index contributed by atoms with van der Waals surface area (Å²) in [7, 11) is 0. The highest BCUT2D eigenvalue weighted by Crippen LogP contribution is 2.17. The van der Waals surface area contributed by atoms with Gasteiger partial charge in [-0.2, -0.15) is 0 Å². The monoisotopic (exact) mass is 401 g/mol. The van der Waals surface area contributed by atoms with E-state index in [1.165, 1.54) is 6.21 Å². The van der Waals surface area contributed by atoms with Crippen LogP contribution in [0.5, 0.6) is 5.88 Å². The van der Waals surface area contributed by atoms with Gasteiger partial charge < -0.3 is 5.11 Å². The van der Waals surface area contributed by atoms with Crippen LogP contribution in [0.25, 0.3) is 5.69 Å². The molecule has 0 aliphatic heterocycles. The lowest BCUT2D eigenvalue weighted by atomic mass is 10.2. The fraction of sp³-hybridized carbons (Fsp3) is 0.0588. The molecule has 3 N–H and O–H groups in total. The van der Waals surface area contributed by atoms with Crippen LogP contribution < -0.4 is 16.2 Å². The Kier molecular flexibility index (Phi) is 4.62. The van der Waals surface area contributed by atoms with Crippen molar-refractivity contribution in [3.63, 3.8) is 0 Å². The Labute approximate surface area is 150 Å². The number of nitrogens with one attached hydrogen (secondary N) is 2. The van der Waals surface area contributed by atoms with E-state index in [0.717, 1.165) is 14.6 Å². The van der Waals surface area contributed by atoms with E-state index in [1.807, 2.05) is 13.0 Å². The summed E-state index contributed by atoms with van der Waals surface area (Å²) in [5.74, 6) is 0.00974. The van der Waals surface area contributed by atoms with Crippen LogP contribution in [-0.4, -0.2) is 20.9 Å². The first-order valence-corrected chi connectivity index (χ1v) is 8.11. The lowest BCUT2D eigenvalue weighted by Crippen LogP contribution is -2.31. The summed E-state index contributed by atoms with van der Waals surface area (Å²) in [5, 5.41) is 10.5. The maximum absolute atomic E-state index is 12.1. The molecule has 0 amide bonds. The number of aromatic hydroxyl groups is 1. The molecule has 3 aromatic rings. The number of hydrogen-bond acceptors (Lipinski definition) is 4. The Hall–Kier alpha value is -3.00. The van der Waals surface area contributed by atoms with Gasteiger partial charge in [0.25, 0.3) is 5.56 Å². The fourth-order valence-corrected chi connectivity index (χ4v) is 2.52. The predicted octanol–water partition coefficient (Wildman–Crippen LogP) is 1.87. The predicted molar refractivity (Wildman–Crippen MR) is 97.0 cm³/mol. The molecule has 0 unspecified atom stereocenters. The van der Waals surface area contributed by atoms with Crippen molar-refractivity contribution in [2.75, 3.05) is 0 Å². The molecule has 0 radical (unpaired) electrons. The van der Waals surface area contributed by atoms with E-state index in [0.29, 0.717) is 11.5 Å². The van der Waals surface area contributed by atoms with Crippen LogP contribution in [0, 0.1) is 6.92 Å². The Morgan fingerprint density at radius 3 is 2.76 bits per heavy atom. The first-order chi connectivity index (χ1) is 12.0. The summed E-state index contributed by atoms with van der Waals surface area (Å²) in [6.07, 6.45) is 2.89. The van der Waals surface area contributed by atoms with Gasteiger partial charge in [-0.3, -0.25) is 9.78 Å². The molecule has 8 heteroatoms. The van der Waals surface area contributed by atoms with Crippen molar-refractivity contribution in [2.45, 2.75) is 6.92 Å². The minimum absolute atomic E-state index is 0.113. The quantitative estimate of drug-likeness (QED) is 0.654. The number of aromatic amines is 2. The van der Waals surface area contributed by atoms with Crippen LogP contribution in [0.3, 0.4) is 0 Å². The van der Waals surface area contributed by atoms with E-state index in [9.17, 15) is 14.7 Å². The van der Waals surface area contributed by atoms with Gasteiger partial charge in [-0.05, 0) is 51.6 Å². The van der Waals surface area contributed by atoms with Crippen molar-refractivity contribution in [1.29, 1.82) is 0 Å². The molecule has 2 heterocycles. The Bertz CT molecular complexity index is 1070. The Morgan fingerprint density at radius 2 is 2.08 bits per heavy atom. The van der Waals surface area contributed by atoms with Gasteiger partial charge in [-0.25, -0.2) is 14.3 Å². The van der Waals surface area contributed by atoms with Crippen LogP contribution in [0.4, 0.5) is 5.82 Å². The largest absolute Gasteiger partial charge is 0.493 e. The summed E-state index contributed by atoms with van der Waals surface area (Å²) in [6, 6.07) is 10.5. The van der Waals surface area contributed by atoms with Gasteiger partial charge in [0.2, 0.25) is 5.88 Å². The number of hydrogen-bond donors (Lipinski definition) is 2. The van der Waals surface area contributed by atoms with Crippen molar-refractivity contribution in [3.8, 4) is 11.6 Å². The van der Waals surface area contributed by atoms with Gasteiger partial charge >= 0.3 is 11.5 Å². The van der Waals surface area contributed by atoms with Gasteiger partial charge in [0.1, 0.15) is 11.8 Å². The second kappa shape index (κ2) is 6.86. The van der Waals surface area contributed by atoms with Gasteiger partial charge in [0.15, 0.2) is 6.21 Å². The number of aliphatic imine (C=N–C) groups is 1. The standard InChI is InChI=1S/C17H13BrN4O3/c1-10-3-2-4-12(7-10)22-16(24)13(15(23)21-17(22)25)9-20-14-6-5-11(18)8-19-14/h2-9,24H,1H3,(H,21,23,25)/p+1. The number of rotatable bonds is 3. The molecular formula is C17H14BrN4O3+. The molecule has 0 atom stereocenters. The summed E-state index contributed by atoms with van der Waals surface area (Å²) >= 11 is 3.30. The molecule has 0 fully saturated rings. The molecule has 0 bridgehead atoms. The highest BCUT2D eigenvalue weighted by molar-refractivity contribution is 9.10. The van der Waals surface area contributed by atoms with E-state index >= 15 is 0 Å². The van der Waals surface area contributed by atoms with Crippen LogP contribution in [0.15, 0.2) is 61.6 Å². The number of benzene rings is 1. The SMILES string of the molecule is Cc1cccc(-n2c(O)c(C=Nc3ccc(Br)c[nH+]3)c(=O)[nH]c2=O)c1. The molecule has 0 saturated heterocycles. The van der Waals surface area contributed by atoms with Crippen LogP contribution in [0.2, 0.25) is 0 Å². The van der Waals surface area contributed by atoms with E-state index in [4.69, 9.17) is 0 Å². The zero-order chi connectivity index (χ0) is 18.0. The van der Waals surface area contributed by atoms with Crippen LogP contribution >= 0.6 is 15.9 Å². The van der Waals surface area contributed by atoms with Crippen molar-refractivity contribution in [3.05, 3.63) is 79.0 Å². The molecule has 3 rings (SSSR count). The van der Waals surface area contributed by atoms with E-state index in [2.05, 4.69) is 30.9 Å². The average molecular weight is 402 g/mol. The normalized spacial score (nSPS) is 11.1. The van der Waals surface area contributed by atoms with Gasteiger partial charge in [-0.15, -0.1) is 0 Å². The van der Waals surface area contributed by atoms with Gasteiger partial charge in [-0.1, -0.05) is 12.1 Å². The van der Waals surface area contributed by atoms with Crippen molar-refractivity contribution in [1.82, 2.24) is 9.55 Å². The summed E-state index contributed by atoms with van der Waals surface area (Å²) < 4.78 is 1.88. The molecule has 2 aromatic heterocycles. The molecule has 25 heavy (non-hydrogen) atoms. The first kappa shape index (κ1) is 16.8. The number of aryl methyl sites for hydroxylation is 1. The van der Waals surface area contributed by atoms with Crippen LogP contribution in [0.1, 0.15) is 11.1 Å². The lowest BCUT2D eigenvalue weighted by molar-refractivity contribution is -0.363. The number of nitrogens with zero attached hydrogens (tertiary/aromatic N) is 2. The summed E-state index contributed by atoms with van der Waals surface area (Å²) in [4.78, 5) is 33.4. The highest BCUT2D eigenvalue weighted by atomic mass is 79.9. The minimum Gasteiger partial charge on any atom is -0.493 e. The minimum atomic E-state index is -0.722. The second-order valence-electron chi connectivity index (χ2n) is 5.32. The number of aromatic nitrogens is 3. The maximum atomic E-state index is 12.1.